The first-order valence-electron chi connectivity index (χ1n) is 7.54. The largest absolute Gasteiger partial charge is 0.326 e. The molecule has 1 amide bonds. The van der Waals surface area contributed by atoms with E-state index in [0.29, 0.717) is 6.54 Å². The van der Waals surface area contributed by atoms with Crippen molar-refractivity contribution in [3.05, 3.63) is 41.7 Å². The maximum atomic E-state index is 12.7. The van der Waals surface area contributed by atoms with Crippen LogP contribution in [0.4, 0.5) is 5.69 Å². The molecule has 2 N–H and O–H groups in total. The Morgan fingerprint density at radius 1 is 1.42 bits per heavy atom. The Kier molecular flexibility index (Phi) is 4.84. The molecule has 0 saturated carbocycles. The molecule has 1 aliphatic rings. The number of fused-ring (bicyclic) bond motifs is 1. The number of rotatable bonds is 3. The van der Waals surface area contributed by atoms with E-state index in [1.807, 2.05) is 43.2 Å². The molecule has 1 aliphatic heterocycles. The van der Waals surface area contributed by atoms with Crippen LogP contribution in [0.2, 0.25) is 0 Å². The van der Waals surface area contributed by atoms with Crippen LogP contribution >= 0.6 is 23.7 Å². The molecule has 126 valence electrons. The number of anilines is 1. The molecule has 6 nitrogen and oxygen atoms in total. The van der Waals surface area contributed by atoms with Gasteiger partial charge in [-0.1, -0.05) is 0 Å². The number of carbonyl (C=O) groups excluding carboxylic acids is 1. The molecule has 3 heterocycles. The molecule has 0 spiro atoms. The van der Waals surface area contributed by atoms with Crippen molar-refractivity contribution in [1.29, 1.82) is 0 Å². The normalized spacial score (nSPS) is 20.0. The molecule has 1 aromatic carbocycles. The number of benzene rings is 1. The lowest BCUT2D eigenvalue weighted by Gasteiger charge is -2.17. The fourth-order valence-corrected chi connectivity index (χ4v) is 3.77. The number of carbonyl (C=O) groups is 1. The summed E-state index contributed by atoms with van der Waals surface area (Å²) in [5.74, 6) is 0.107. The van der Waals surface area contributed by atoms with Gasteiger partial charge in [-0.3, -0.25) is 9.48 Å². The average molecular weight is 364 g/mol. The fraction of sp³-hybridized carbons (Fsp3) is 0.312. The molecular formula is C16H18ClN5OS. The van der Waals surface area contributed by atoms with Crippen LogP contribution < -0.4 is 10.6 Å². The lowest BCUT2D eigenvalue weighted by atomic mass is 9.90. The molecule has 24 heavy (non-hydrogen) atoms. The molecule has 3 aromatic rings. The Balaban J connectivity index is 0.00000169. The highest BCUT2D eigenvalue weighted by Gasteiger charge is 2.34. The van der Waals surface area contributed by atoms with Crippen molar-refractivity contribution in [2.75, 3.05) is 18.4 Å². The summed E-state index contributed by atoms with van der Waals surface area (Å²) in [6, 6.07) is 5.85. The summed E-state index contributed by atoms with van der Waals surface area (Å²) < 4.78 is 2.90. The minimum atomic E-state index is -0.0923. The van der Waals surface area contributed by atoms with Gasteiger partial charge in [0.25, 0.3) is 0 Å². The molecule has 2 aromatic heterocycles. The Bertz CT molecular complexity index is 861. The zero-order chi connectivity index (χ0) is 15.8. The van der Waals surface area contributed by atoms with Gasteiger partial charge in [0, 0.05) is 37.9 Å². The summed E-state index contributed by atoms with van der Waals surface area (Å²) in [4.78, 5) is 17.0. The Morgan fingerprint density at radius 3 is 3.08 bits per heavy atom. The SMILES string of the molecule is Cl.Cn1cc([C@H]2CNC[C@@H]2C(=O)Nc2ccc3scnc3c2)cn1. The second-order valence-corrected chi connectivity index (χ2v) is 6.73. The van der Waals surface area contributed by atoms with Gasteiger partial charge in [0.1, 0.15) is 0 Å². The van der Waals surface area contributed by atoms with Crippen LogP contribution in [0, 0.1) is 5.92 Å². The summed E-state index contributed by atoms with van der Waals surface area (Å²) in [5, 5.41) is 10.6. The predicted molar refractivity (Wildman–Crippen MR) is 97.8 cm³/mol. The monoisotopic (exact) mass is 363 g/mol. The quantitative estimate of drug-likeness (QED) is 0.749. The van der Waals surface area contributed by atoms with Crippen molar-refractivity contribution in [3.63, 3.8) is 0 Å². The van der Waals surface area contributed by atoms with E-state index >= 15 is 0 Å². The summed E-state index contributed by atoms with van der Waals surface area (Å²) in [6.45, 7) is 1.49. The molecule has 8 heteroatoms. The van der Waals surface area contributed by atoms with Crippen molar-refractivity contribution in [1.82, 2.24) is 20.1 Å². The van der Waals surface area contributed by atoms with Crippen molar-refractivity contribution >= 4 is 45.6 Å². The standard InChI is InChI=1S/C16H17N5OS.ClH/c1-21-8-10(5-19-21)12-6-17-7-13(12)16(22)20-11-2-3-15-14(4-11)18-9-23-15;/h2-5,8-9,12-13,17H,6-7H2,1H3,(H,20,22);1H/t12-,13+;/m1./s1. The number of halogens is 1. The Labute approximate surface area is 149 Å². The molecule has 0 aliphatic carbocycles. The van der Waals surface area contributed by atoms with E-state index in [4.69, 9.17) is 0 Å². The number of hydrogen-bond acceptors (Lipinski definition) is 5. The van der Waals surface area contributed by atoms with Crippen LogP contribution in [0.1, 0.15) is 11.5 Å². The number of amides is 1. The van der Waals surface area contributed by atoms with E-state index in [9.17, 15) is 4.79 Å². The average Bonchev–Trinajstić information content (AvgIpc) is 3.26. The molecular weight excluding hydrogens is 346 g/mol. The first-order chi connectivity index (χ1) is 11.2. The first kappa shape index (κ1) is 16.9. The smallest absolute Gasteiger partial charge is 0.229 e. The van der Waals surface area contributed by atoms with Crippen LogP contribution in [0.25, 0.3) is 10.2 Å². The summed E-state index contributed by atoms with van der Waals surface area (Å²) in [6.07, 6.45) is 3.83. The zero-order valence-corrected chi connectivity index (χ0v) is 14.7. The minimum Gasteiger partial charge on any atom is -0.326 e. The molecule has 1 saturated heterocycles. The van der Waals surface area contributed by atoms with Gasteiger partial charge >= 0.3 is 0 Å². The third kappa shape index (κ3) is 3.15. The number of aryl methyl sites for hydroxylation is 1. The van der Waals surface area contributed by atoms with Gasteiger partial charge in [0.2, 0.25) is 5.91 Å². The van der Waals surface area contributed by atoms with Gasteiger partial charge in [-0.2, -0.15) is 5.10 Å². The number of nitrogens with one attached hydrogen (secondary N) is 2. The highest BCUT2D eigenvalue weighted by molar-refractivity contribution is 7.16. The second kappa shape index (κ2) is 6.88. The van der Waals surface area contributed by atoms with E-state index < -0.39 is 0 Å². The number of aromatic nitrogens is 3. The van der Waals surface area contributed by atoms with Crippen molar-refractivity contribution in [3.8, 4) is 0 Å². The predicted octanol–water partition coefficient (Wildman–Crippen LogP) is 2.39. The van der Waals surface area contributed by atoms with Crippen LogP contribution in [0.5, 0.6) is 0 Å². The molecule has 4 rings (SSSR count). The minimum absolute atomic E-state index is 0. The van der Waals surface area contributed by atoms with E-state index in [-0.39, 0.29) is 30.2 Å². The lowest BCUT2D eigenvalue weighted by Crippen LogP contribution is -2.28. The van der Waals surface area contributed by atoms with Crippen LogP contribution in [0.3, 0.4) is 0 Å². The van der Waals surface area contributed by atoms with Crippen LogP contribution in [0.15, 0.2) is 36.1 Å². The van der Waals surface area contributed by atoms with Gasteiger partial charge in [-0.05, 0) is 23.8 Å². The lowest BCUT2D eigenvalue weighted by molar-refractivity contribution is -0.119. The maximum Gasteiger partial charge on any atom is 0.229 e. The van der Waals surface area contributed by atoms with Crippen molar-refractivity contribution < 1.29 is 4.79 Å². The zero-order valence-electron chi connectivity index (χ0n) is 13.1. The van der Waals surface area contributed by atoms with E-state index in [1.54, 1.807) is 16.0 Å². The summed E-state index contributed by atoms with van der Waals surface area (Å²) in [7, 11) is 1.89. The third-order valence-electron chi connectivity index (χ3n) is 4.30. The number of thiazole rings is 1. The highest BCUT2D eigenvalue weighted by atomic mass is 35.5. The maximum absolute atomic E-state index is 12.7. The van der Waals surface area contributed by atoms with Gasteiger partial charge in [-0.25, -0.2) is 4.98 Å². The number of hydrogen-bond donors (Lipinski definition) is 2. The van der Waals surface area contributed by atoms with Gasteiger partial charge in [0.15, 0.2) is 0 Å². The van der Waals surface area contributed by atoms with Crippen LogP contribution in [-0.4, -0.2) is 33.8 Å². The second-order valence-electron chi connectivity index (χ2n) is 5.84. The molecule has 2 atom stereocenters. The van der Waals surface area contributed by atoms with Gasteiger partial charge in [-0.15, -0.1) is 23.7 Å². The van der Waals surface area contributed by atoms with Gasteiger partial charge < -0.3 is 10.6 Å². The van der Waals surface area contributed by atoms with Gasteiger partial charge in [0.05, 0.1) is 27.8 Å². The molecule has 0 bridgehead atoms. The number of nitrogens with zero attached hydrogens (tertiary/aromatic N) is 3. The van der Waals surface area contributed by atoms with Crippen molar-refractivity contribution in [2.24, 2.45) is 13.0 Å². The Hall–Kier alpha value is -1.96. The molecule has 1 fully saturated rings. The Morgan fingerprint density at radius 2 is 2.29 bits per heavy atom. The molecule has 0 radical (unpaired) electrons. The third-order valence-corrected chi connectivity index (χ3v) is 5.11. The van der Waals surface area contributed by atoms with Crippen molar-refractivity contribution in [2.45, 2.75) is 5.92 Å². The fourth-order valence-electron chi connectivity index (χ4n) is 3.11. The van der Waals surface area contributed by atoms with Crippen LogP contribution in [-0.2, 0) is 11.8 Å². The first-order valence-corrected chi connectivity index (χ1v) is 8.42. The highest BCUT2D eigenvalue weighted by Crippen LogP contribution is 2.29. The van der Waals surface area contributed by atoms with E-state index in [1.165, 1.54) is 0 Å². The van der Waals surface area contributed by atoms with E-state index in [2.05, 4.69) is 20.7 Å². The topological polar surface area (TPSA) is 71.8 Å². The molecule has 0 unspecified atom stereocenters. The van der Waals surface area contributed by atoms with E-state index in [0.717, 1.165) is 28.0 Å². The summed E-state index contributed by atoms with van der Waals surface area (Å²) >= 11 is 1.60. The summed E-state index contributed by atoms with van der Waals surface area (Å²) in [5.41, 5.74) is 4.63.